The normalized spacial score (nSPS) is 10.7. The van der Waals surface area contributed by atoms with E-state index < -0.39 is 11.7 Å². The van der Waals surface area contributed by atoms with Crippen molar-refractivity contribution in [3.63, 3.8) is 0 Å². The van der Waals surface area contributed by atoms with E-state index in [2.05, 4.69) is 36.8 Å². The molecule has 1 aromatic heterocycles. The van der Waals surface area contributed by atoms with Crippen molar-refractivity contribution in [2.75, 3.05) is 16.4 Å². The van der Waals surface area contributed by atoms with Crippen molar-refractivity contribution in [3.8, 4) is 0 Å². The van der Waals surface area contributed by atoms with E-state index in [9.17, 15) is 14.0 Å². The molecular weight excluding hydrogens is 532 g/mol. The predicted molar refractivity (Wildman–Crippen MR) is 123 cm³/mol. The van der Waals surface area contributed by atoms with Gasteiger partial charge in [-0.15, -0.1) is 10.2 Å². The largest absolute Gasteiger partial charge is 0.326 e. The summed E-state index contributed by atoms with van der Waals surface area (Å²) in [6.07, 6.45) is -0.0272. The number of rotatable bonds is 7. The van der Waals surface area contributed by atoms with E-state index in [-0.39, 0.29) is 23.8 Å². The molecule has 12 heteroatoms. The van der Waals surface area contributed by atoms with Crippen LogP contribution in [-0.4, -0.2) is 32.3 Å². The van der Waals surface area contributed by atoms with Crippen molar-refractivity contribution >= 4 is 74.1 Å². The first-order valence-corrected chi connectivity index (χ1v) is 11.3. The summed E-state index contributed by atoms with van der Waals surface area (Å²) in [4.78, 5) is 24.4. The first-order valence-electron chi connectivity index (χ1n) is 8.74. The molecule has 162 valence electrons. The number of carbonyl (C=O) groups is 2. The molecule has 2 aromatic carbocycles. The van der Waals surface area contributed by atoms with Gasteiger partial charge >= 0.3 is 0 Å². The first kappa shape index (κ1) is 23.5. The van der Waals surface area contributed by atoms with Gasteiger partial charge in [-0.1, -0.05) is 50.9 Å². The van der Waals surface area contributed by atoms with Crippen LogP contribution >= 0.6 is 50.9 Å². The lowest BCUT2D eigenvalue weighted by Crippen LogP contribution is -2.17. The van der Waals surface area contributed by atoms with Crippen LogP contribution in [0.2, 0.25) is 10.0 Å². The van der Waals surface area contributed by atoms with Gasteiger partial charge in [0.05, 0.1) is 27.9 Å². The van der Waals surface area contributed by atoms with Crippen LogP contribution in [0.5, 0.6) is 0 Å². The van der Waals surface area contributed by atoms with Crippen molar-refractivity contribution < 1.29 is 14.0 Å². The Hall–Kier alpha value is -2.14. The molecule has 0 saturated carbocycles. The summed E-state index contributed by atoms with van der Waals surface area (Å²) in [6, 6.07) is 9.13. The molecule has 3 rings (SSSR count). The highest BCUT2D eigenvalue weighted by Gasteiger charge is 2.15. The highest BCUT2D eigenvalue weighted by atomic mass is 79.9. The smallest absolute Gasteiger partial charge is 0.234 e. The highest BCUT2D eigenvalue weighted by Crippen LogP contribution is 2.25. The zero-order chi connectivity index (χ0) is 22.5. The zero-order valence-electron chi connectivity index (χ0n) is 16.0. The van der Waals surface area contributed by atoms with Gasteiger partial charge in [0.15, 0.2) is 5.16 Å². The van der Waals surface area contributed by atoms with Gasteiger partial charge in [-0.2, -0.15) is 0 Å². The SMILES string of the molecule is Cn1c(CC(=O)Nc2ccc(Cl)c(Cl)c2)nnc1SCC(=O)Nc1ccc(Br)cc1F. The fraction of sp³-hybridized carbons (Fsp3) is 0.158. The lowest BCUT2D eigenvalue weighted by molar-refractivity contribution is -0.116. The Kier molecular flexibility index (Phi) is 7.93. The van der Waals surface area contributed by atoms with Gasteiger partial charge in [0, 0.05) is 17.2 Å². The minimum Gasteiger partial charge on any atom is -0.326 e. The van der Waals surface area contributed by atoms with Crippen molar-refractivity contribution in [1.82, 2.24) is 14.8 Å². The summed E-state index contributed by atoms with van der Waals surface area (Å²) in [6.45, 7) is 0. The Morgan fingerprint density at radius 2 is 1.87 bits per heavy atom. The number of amides is 2. The Labute approximate surface area is 199 Å². The molecule has 0 fully saturated rings. The van der Waals surface area contributed by atoms with E-state index in [0.29, 0.717) is 31.2 Å². The Morgan fingerprint density at radius 3 is 2.58 bits per heavy atom. The molecule has 2 amide bonds. The second-order valence-electron chi connectivity index (χ2n) is 6.27. The van der Waals surface area contributed by atoms with Gasteiger partial charge in [0.1, 0.15) is 11.6 Å². The molecule has 0 saturated heterocycles. The molecule has 31 heavy (non-hydrogen) atoms. The van der Waals surface area contributed by atoms with Gasteiger partial charge in [0.25, 0.3) is 0 Å². The van der Waals surface area contributed by atoms with Crippen LogP contribution in [-0.2, 0) is 23.1 Å². The third-order valence-corrected chi connectivity index (χ3v) is 6.24. The van der Waals surface area contributed by atoms with Gasteiger partial charge < -0.3 is 15.2 Å². The topological polar surface area (TPSA) is 88.9 Å². The number of thioether (sulfide) groups is 1. The van der Waals surface area contributed by atoms with E-state index in [1.807, 2.05) is 0 Å². The molecule has 0 spiro atoms. The Morgan fingerprint density at radius 1 is 1.10 bits per heavy atom. The summed E-state index contributed by atoms with van der Waals surface area (Å²) in [5.41, 5.74) is 0.597. The number of hydrogen-bond acceptors (Lipinski definition) is 5. The number of nitrogens with zero attached hydrogens (tertiary/aromatic N) is 3. The standard InChI is InChI=1S/C19H15BrCl2FN5O2S/c1-28-16(8-17(29)24-11-3-4-12(21)13(22)7-11)26-27-19(28)31-9-18(30)25-15-5-2-10(20)6-14(15)23/h2-7H,8-9H2,1H3,(H,24,29)(H,25,30). The second kappa shape index (κ2) is 10.4. The van der Waals surface area contributed by atoms with E-state index in [0.717, 1.165) is 11.8 Å². The van der Waals surface area contributed by atoms with Gasteiger partial charge in [-0.05, 0) is 36.4 Å². The second-order valence-corrected chi connectivity index (χ2v) is 8.95. The third kappa shape index (κ3) is 6.42. The Balaban J connectivity index is 1.55. The number of nitrogens with one attached hydrogen (secondary N) is 2. The third-order valence-electron chi connectivity index (χ3n) is 3.98. The summed E-state index contributed by atoms with van der Waals surface area (Å²) < 4.78 is 16.0. The van der Waals surface area contributed by atoms with Gasteiger partial charge in [-0.3, -0.25) is 9.59 Å². The van der Waals surface area contributed by atoms with Crippen LogP contribution in [0.3, 0.4) is 0 Å². The van der Waals surface area contributed by atoms with Gasteiger partial charge in [0.2, 0.25) is 11.8 Å². The van der Waals surface area contributed by atoms with E-state index in [4.69, 9.17) is 23.2 Å². The number of carbonyl (C=O) groups excluding carboxylic acids is 2. The fourth-order valence-electron chi connectivity index (χ4n) is 2.45. The lowest BCUT2D eigenvalue weighted by Gasteiger charge is -2.08. The van der Waals surface area contributed by atoms with Gasteiger partial charge in [-0.25, -0.2) is 4.39 Å². The molecule has 0 unspecified atom stereocenters. The molecular formula is C19H15BrCl2FN5O2S. The molecule has 7 nitrogen and oxygen atoms in total. The quantitative estimate of drug-likeness (QED) is 0.410. The summed E-state index contributed by atoms with van der Waals surface area (Å²) >= 11 is 16.1. The predicted octanol–water partition coefficient (Wildman–Crippen LogP) is 4.94. The van der Waals surface area contributed by atoms with Crippen LogP contribution < -0.4 is 10.6 Å². The maximum absolute atomic E-state index is 13.8. The van der Waals surface area contributed by atoms with Crippen molar-refractivity contribution in [3.05, 3.63) is 62.6 Å². The molecule has 1 heterocycles. The summed E-state index contributed by atoms with van der Waals surface area (Å²) in [7, 11) is 1.69. The molecule has 0 bridgehead atoms. The molecule has 0 aliphatic heterocycles. The van der Waals surface area contributed by atoms with E-state index in [1.165, 1.54) is 12.1 Å². The first-order chi connectivity index (χ1) is 14.7. The Bertz CT molecular complexity index is 1140. The van der Waals surface area contributed by atoms with E-state index in [1.54, 1.807) is 35.9 Å². The van der Waals surface area contributed by atoms with Crippen LogP contribution in [0.1, 0.15) is 5.82 Å². The van der Waals surface area contributed by atoms with E-state index >= 15 is 0 Å². The molecule has 0 radical (unpaired) electrons. The summed E-state index contributed by atoms with van der Waals surface area (Å²) in [5.74, 6) is -0.833. The maximum atomic E-state index is 13.8. The average molecular weight is 547 g/mol. The minimum absolute atomic E-state index is 0.00303. The molecule has 0 atom stereocenters. The van der Waals surface area contributed by atoms with Crippen LogP contribution in [0.4, 0.5) is 15.8 Å². The zero-order valence-corrected chi connectivity index (χ0v) is 19.9. The van der Waals surface area contributed by atoms with Crippen molar-refractivity contribution in [2.24, 2.45) is 7.05 Å². The van der Waals surface area contributed by atoms with Crippen molar-refractivity contribution in [1.29, 1.82) is 0 Å². The lowest BCUT2D eigenvalue weighted by atomic mass is 10.3. The molecule has 2 N–H and O–H groups in total. The minimum atomic E-state index is -0.540. The number of benzene rings is 2. The highest BCUT2D eigenvalue weighted by molar-refractivity contribution is 9.10. The number of anilines is 2. The van der Waals surface area contributed by atoms with Crippen LogP contribution in [0.15, 0.2) is 46.0 Å². The molecule has 0 aliphatic rings. The maximum Gasteiger partial charge on any atom is 0.234 e. The fourth-order valence-corrected chi connectivity index (χ4v) is 3.82. The molecule has 3 aromatic rings. The molecule has 0 aliphatic carbocycles. The number of hydrogen-bond donors (Lipinski definition) is 2. The number of aromatic nitrogens is 3. The average Bonchev–Trinajstić information content (AvgIpc) is 3.05. The number of halogens is 4. The summed E-state index contributed by atoms with van der Waals surface area (Å²) in [5, 5.41) is 14.4. The van der Waals surface area contributed by atoms with Crippen molar-refractivity contribution in [2.45, 2.75) is 11.6 Å². The monoisotopic (exact) mass is 545 g/mol. The van der Waals surface area contributed by atoms with Crippen LogP contribution in [0.25, 0.3) is 0 Å². The van der Waals surface area contributed by atoms with Crippen LogP contribution in [0, 0.1) is 5.82 Å².